The van der Waals surface area contributed by atoms with E-state index in [9.17, 15) is 18.7 Å². The van der Waals surface area contributed by atoms with Gasteiger partial charge in [-0.3, -0.25) is 0 Å². The molecule has 0 saturated heterocycles. The van der Waals surface area contributed by atoms with Gasteiger partial charge in [-0.1, -0.05) is 32.1 Å². The van der Waals surface area contributed by atoms with Gasteiger partial charge in [-0.25, -0.2) is 13.6 Å². The summed E-state index contributed by atoms with van der Waals surface area (Å²) in [6, 6.07) is -0.740. The molecule has 1 saturated carbocycles. The molecule has 0 spiro atoms. The molecule has 1 fully saturated rings. The summed E-state index contributed by atoms with van der Waals surface area (Å²) in [5.74, 6) is -0.632. The van der Waals surface area contributed by atoms with Crippen LogP contribution in [0, 0.1) is 5.92 Å². The highest BCUT2D eigenvalue weighted by molar-refractivity contribution is 5.75. The molecule has 1 rings (SSSR count). The average molecular weight is 279 g/mol. The standard InChI is InChI=1S/C13H23F2NO3/c14-7-10(8-15)19-13(18)12(17)11(16)6-9-4-2-1-3-5-9/h9-12,17H,1-8,16H2/t11-,12?/m0/s1. The van der Waals surface area contributed by atoms with Crippen molar-refractivity contribution in [1.82, 2.24) is 0 Å². The van der Waals surface area contributed by atoms with Crippen LogP contribution in [0.4, 0.5) is 8.78 Å². The second kappa shape index (κ2) is 8.43. The van der Waals surface area contributed by atoms with E-state index < -0.39 is 37.6 Å². The first-order valence-corrected chi connectivity index (χ1v) is 6.84. The molecule has 1 aliphatic rings. The number of aliphatic hydroxyl groups is 1. The number of ether oxygens (including phenoxy) is 1. The van der Waals surface area contributed by atoms with Crippen molar-refractivity contribution in [3.63, 3.8) is 0 Å². The molecular weight excluding hydrogens is 256 g/mol. The monoisotopic (exact) mass is 279 g/mol. The molecule has 1 aliphatic carbocycles. The van der Waals surface area contributed by atoms with E-state index in [2.05, 4.69) is 4.74 Å². The number of halogens is 2. The van der Waals surface area contributed by atoms with Crippen LogP contribution in [0.25, 0.3) is 0 Å². The van der Waals surface area contributed by atoms with Gasteiger partial charge in [-0.2, -0.15) is 0 Å². The summed E-state index contributed by atoms with van der Waals surface area (Å²) >= 11 is 0. The topological polar surface area (TPSA) is 72.5 Å². The second-order valence-corrected chi connectivity index (χ2v) is 5.22. The number of nitrogens with two attached hydrogens (primary N) is 1. The minimum Gasteiger partial charge on any atom is -0.455 e. The van der Waals surface area contributed by atoms with Gasteiger partial charge in [0.15, 0.2) is 12.2 Å². The Kier molecular flexibility index (Phi) is 7.23. The van der Waals surface area contributed by atoms with Crippen LogP contribution in [0.15, 0.2) is 0 Å². The largest absolute Gasteiger partial charge is 0.455 e. The average Bonchev–Trinajstić information content (AvgIpc) is 2.44. The third kappa shape index (κ3) is 5.40. The zero-order valence-corrected chi connectivity index (χ0v) is 11.1. The molecule has 3 N–H and O–H groups in total. The molecular formula is C13H23F2NO3. The first-order valence-electron chi connectivity index (χ1n) is 6.84. The van der Waals surface area contributed by atoms with E-state index in [1.54, 1.807) is 0 Å². The minimum absolute atomic E-state index is 0.407. The molecule has 19 heavy (non-hydrogen) atoms. The van der Waals surface area contributed by atoms with E-state index in [-0.39, 0.29) is 0 Å². The van der Waals surface area contributed by atoms with Crippen LogP contribution in [0.1, 0.15) is 38.5 Å². The van der Waals surface area contributed by atoms with Gasteiger partial charge in [-0.05, 0) is 12.3 Å². The smallest absolute Gasteiger partial charge is 0.337 e. The fourth-order valence-electron chi connectivity index (χ4n) is 2.45. The number of hydrogen-bond acceptors (Lipinski definition) is 4. The van der Waals surface area contributed by atoms with Gasteiger partial charge >= 0.3 is 5.97 Å². The number of alkyl halides is 2. The molecule has 0 aliphatic heterocycles. The first-order chi connectivity index (χ1) is 9.08. The van der Waals surface area contributed by atoms with Crippen molar-refractivity contribution in [2.24, 2.45) is 11.7 Å². The molecule has 0 bridgehead atoms. The van der Waals surface area contributed by atoms with Crippen molar-refractivity contribution >= 4 is 5.97 Å². The molecule has 2 atom stereocenters. The zero-order chi connectivity index (χ0) is 14.3. The van der Waals surface area contributed by atoms with Crippen LogP contribution < -0.4 is 5.73 Å². The Labute approximate surface area is 112 Å². The highest BCUT2D eigenvalue weighted by atomic mass is 19.1. The molecule has 0 aromatic rings. The Hall–Kier alpha value is -0.750. The van der Waals surface area contributed by atoms with Gasteiger partial charge in [0.25, 0.3) is 0 Å². The number of carbonyl (C=O) groups is 1. The summed E-state index contributed by atoms with van der Waals surface area (Å²) in [4.78, 5) is 11.5. The van der Waals surface area contributed by atoms with Gasteiger partial charge in [0.1, 0.15) is 13.3 Å². The summed E-state index contributed by atoms with van der Waals surface area (Å²) in [6.45, 7) is -2.21. The fourth-order valence-corrected chi connectivity index (χ4v) is 2.45. The molecule has 1 unspecified atom stereocenters. The molecule has 112 valence electrons. The number of hydrogen-bond donors (Lipinski definition) is 2. The normalized spacial score (nSPS) is 20.3. The summed E-state index contributed by atoms with van der Waals surface area (Å²) in [6.07, 6.45) is 3.18. The molecule has 4 nitrogen and oxygen atoms in total. The van der Waals surface area contributed by atoms with Crippen LogP contribution in [0.2, 0.25) is 0 Å². The first kappa shape index (κ1) is 16.3. The summed E-state index contributed by atoms with van der Waals surface area (Å²) in [5.41, 5.74) is 5.77. The lowest BCUT2D eigenvalue weighted by Crippen LogP contribution is -2.44. The number of carbonyl (C=O) groups excluding carboxylic acids is 1. The minimum atomic E-state index is -1.51. The SMILES string of the molecule is N[C@@H](CC1CCCCC1)C(O)C(=O)OC(CF)CF. The second-order valence-electron chi connectivity index (χ2n) is 5.22. The van der Waals surface area contributed by atoms with Crippen LogP contribution in [-0.2, 0) is 9.53 Å². The molecule has 6 heteroatoms. The highest BCUT2D eigenvalue weighted by Gasteiger charge is 2.29. The Morgan fingerprint density at radius 3 is 2.37 bits per heavy atom. The molecule has 0 heterocycles. The lowest BCUT2D eigenvalue weighted by Gasteiger charge is -2.26. The van der Waals surface area contributed by atoms with Gasteiger partial charge in [0.2, 0.25) is 0 Å². The maximum absolute atomic E-state index is 12.2. The number of esters is 1. The summed E-state index contributed by atoms with van der Waals surface area (Å²) < 4.78 is 29.0. The lowest BCUT2D eigenvalue weighted by molar-refractivity contribution is -0.162. The summed E-state index contributed by atoms with van der Waals surface area (Å²) in [5, 5.41) is 9.71. The van der Waals surface area contributed by atoms with E-state index in [1.165, 1.54) is 6.42 Å². The van der Waals surface area contributed by atoms with Gasteiger partial charge in [-0.15, -0.1) is 0 Å². The van der Waals surface area contributed by atoms with Crippen molar-refractivity contribution in [2.75, 3.05) is 13.3 Å². The van der Waals surface area contributed by atoms with Gasteiger partial charge in [0, 0.05) is 6.04 Å². The van der Waals surface area contributed by atoms with Crippen molar-refractivity contribution in [3.05, 3.63) is 0 Å². The summed E-state index contributed by atoms with van der Waals surface area (Å²) in [7, 11) is 0. The van der Waals surface area contributed by atoms with Crippen LogP contribution in [0.3, 0.4) is 0 Å². The van der Waals surface area contributed by atoms with E-state index in [1.807, 2.05) is 0 Å². The molecule has 0 aromatic heterocycles. The van der Waals surface area contributed by atoms with Crippen molar-refractivity contribution in [3.8, 4) is 0 Å². The van der Waals surface area contributed by atoms with E-state index in [0.717, 1.165) is 25.7 Å². The van der Waals surface area contributed by atoms with Gasteiger partial charge in [0.05, 0.1) is 0 Å². The Bertz CT molecular complexity index is 269. The molecule has 0 radical (unpaired) electrons. The maximum Gasteiger partial charge on any atom is 0.337 e. The van der Waals surface area contributed by atoms with E-state index in [0.29, 0.717) is 12.3 Å². The van der Waals surface area contributed by atoms with Crippen LogP contribution in [0.5, 0.6) is 0 Å². The lowest BCUT2D eigenvalue weighted by atomic mass is 9.84. The van der Waals surface area contributed by atoms with E-state index in [4.69, 9.17) is 5.73 Å². The fraction of sp³-hybridized carbons (Fsp3) is 0.923. The Morgan fingerprint density at radius 1 is 1.26 bits per heavy atom. The number of rotatable bonds is 7. The van der Waals surface area contributed by atoms with Gasteiger partial charge < -0.3 is 15.6 Å². The zero-order valence-electron chi connectivity index (χ0n) is 11.1. The van der Waals surface area contributed by atoms with E-state index >= 15 is 0 Å². The van der Waals surface area contributed by atoms with Crippen molar-refractivity contribution < 1.29 is 23.4 Å². The highest BCUT2D eigenvalue weighted by Crippen LogP contribution is 2.27. The maximum atomic E-state index is 12.2. The number of aliphatic hydroxyl groups excluding tert-OH is 1. The van der Waals surface area contributed by atoms with Crippen LogP contribution >= 0.6 is 0 Å². The molecule has 0 amide bonds. The predicted octanol–water partition coefficient (Wildman–Crippen LogP) is 1.50. The third-order valence-electron chi connectivity index (χ3n) is 3.60. The predicted molar refractivity (Wildman–Crippen MR) is 67.0 cm³/mol. The van der Waals surface area contributed by atoms with Crippen molar-refractivity contribution in [1.29, 1.82) is 0 Å². The van der Waals surface area contributed by atoms with Crippen molar-refractivity contribution in [2.45, 2.75) is 56.8 Å². The van der Waals surface area contributed by atoms with Crippen LogP contribution in [-0.4, -0.2) is 42.7 Å². The quantitative estimate of drug-likeness (QED) is 0.693. The third-order valence-corrected chi connectivity index (χ3v) is 3.60. The Morgan fingerprint density at radius 2 is 1.84 bits per heavy atom. The molecule has 0 aromatic carbocycles. The Balaban J connectivity index is 2.37.